The zero-order chi connectivity index (χ0) is 14.8. The van der Waals surface area contributed by atoms with E-state index in [1.165, 1.54) is 5.01 Å². The second-order valence-corrected chi connectivity index (χ2v) is 5.30. The minimum atomic E-state index is -0.548. The number of carbonyl (C=O) groups excluding carboxylic acids is 1. The van der Waals surface area contributed by atoms with Crippen molar-refractivity contribution in [2.24, 2.45) is 10.8 Å². The summed E-state index contributed by atoms with van der Waals surface area (Å²) in [6, 6.07) is 16.5. The quantitative estimate of drug-likeness (QED) is 0.905. The fraction of sp³-hybridized carbons (Fsp3) is 0.125. The number of halogens is 1. The first-order valence-corrected chi connectivity index (χ1v) is 7.00. The standard InChI is InChI=1S/C16H14ClN3O/c17-13-8-6-11(7-9-13)14-10-15(20(19-14)16(18)21)12-4-2-1-3-5-12/h1-9,15H,10H2,(H2,18,21). The van der Waals surface area contributed by atoms with Crippen LogP contribution < -0.4 is 5.73 Å². The van der Waals surface area contributed by atoms with Crippen LogP contribution in [-0.4, -0.2) is 16.8 Å². The second kappa shape index (κ2) is 5.58. The van der Waals surface area contributed by atoms with Crippen LogP contribution in [0.3, 0.4) is 0 Å². The number of hydrazone groups is 1. The highest BCUT2D eigenvalue weighted by Crippen LogP contribution is 2.32. The van der Waals surface area contributed by atoms with Gasteiger partial charge >= 0.3 is 6.03 Å². The van der Waals surface area contributed by atoms with E-state index in [2.05, 4.69) is 5.10 Å². The molecule has 1 unspecified atom stereocenters. The fourth-order valence-electron chi connectivity index (χ4n) is 2.47. The molecule has 0 bridgehead atoms. The highest BCUT2D eigenvalue weighted by molar-refractivity contribution is 6.30. The van der Waals surface area contributed by atoms with Crippen molar-refractivity contribution >= 4 is 23.3 Å². The third kappa shape index (κ3) is 2.76. The van der Waals surface area contributed by atoms with Crippen molar-refractivity contribution < 1.29 is 4.79 Å². The molecule has 106 valence electrons. The van der Waals surface area contributed by atoms with E-state index < -0.39 is 6.03 Å². The number of benzene rings is 2. The first kappa shape index (κ1) is 13.6. The lowest BCUT2D eigenvalue weighted by Gasteiger charge is -2.19. The summed E-state index contributed by atoms with van der Waals surface area (Å²) < 4.78 is 0. The molecule has 0 radical (unpaired) electrons. The Morgan fingerprint density at radius 3 is 2.43 bits per heavy atom. The van der Waals surface area contributed by atoms with Crippen LogP contribution >= 0.6 is 11.6 Å². The number of nitrogens with two attached hydrogens (primary N) is 1. The van der Waals surface area contributed by atoms with Crippen LogP contribution in [0.5, 0.6) is 0 Å². The van der Waals surface area contributed by atoms with E-state index in [-0.39, 0.29) is 6.04 Å². The predicted molar refractivity (Wildman–Crippen MR) is 83.2 cm³/mol. The van der Waals surface area contributed by atoms with Gasteiger partial charge in [-0.15, -0.1) is 0 Å². The average molecular weight is 300 g/mol. The van der Waals surface area contributed by atoms with Crippen molar-refractivity contribution in [3.05, 3.63) is 70.7 Å². The van der Waals surface area contributed by atoms with Crippen molar-refractivity contribution in [2.75, 3.05) is 0 Å². The molecular weight excluding hydrogens is 286 g/mol. The Morgan fingerprint density at radius 1 is 1.14 bits per heavy atom. The van der Waals surface area contributed by atoms with E-state index in [1.807, 2.05) is 54.6 Å². The molecule has 1 aliphatic heterocycles. The summed E-state index contributed by atoms with van der Waals surface area (Å²) >= 11 is 5.90. The molecule has 2 amide bonds. The first-order valence-electron chi connectivity index (χ1n) is 6.62. The Balaban J connectivity index is 1.93. The van der Waals surface area contributed by atoms with Gasteiger partial charge in [0.15, 0.2) is 0 Å². The number of amides is 2. The van der Waals surface area contributed by atoms with Gasteiger partial charge in [0.05, 0.1) is 11.8 Å². The average Bonchev–Trinajstić information content (AvgIpc) is 2.94. The molecule has 0 aromatic heterocycles. The van der Waals surface area contributed by atoms with Gasteiger partial charge < -0.3 is 5.73 Å². The molecule has 1 atom stereocenters. The van der Waals surface area contributed by atoms with Gasteiger partial charge in [-0.3, -0.25) is 0 Å². The summed E-state index contributed by atoms with van der Waals surface area (Å²) in [6.45, 7) is 0. The predicted octanol–water partition coefficient (Wildman–Crippen LogP) is 3.57. The van der Waals surface area contributed by atoms with Gasteiger partial charge in [-0.25, -0.2) is 9.80 Å². The zero-order valence-corrected chi connectivity index (χ0v) is 12.0. The monoisotopic (exact) mass is 299 g/mol. The lowest BCUT2D eigenvalue weighted by molar-refractivity contribution is 0.196. The molecule has 0 aliphatic carbocycles. The lowest BCUT2D eigenvalue weighted by atomic mass is 9.99. The van der Waals surface area contributed by atoms with Gasteiger partial charge in [0.25, 0.3) is 0 Å². The van der Waals surface area contributed by atoms with Crippen LogP contribution in [0.4, 0.5) is 4.79 Å². The van der Waals surface area contributed by atoms with Crippen LogP contribution in [0.15, 0.2) is 59.7 Å². The molecule has 2 aromatic rings. The number of nitrogens with zero attached hydrogens (tertiary/aromatic N) is 2. The number of rotatable bonds is 2. The number of hydrogen-bond acceptors (Lipinski definition) is 2. The molecule has 0 fully saturated rings. The molecule has 0 saturated carbocycles. The van der Waals surface area contributed by atoms with E-state index in [4.69, 9.17) is 17.3 Å². The fourth-order valence-corrected chi connectivity index (χ4v) is 2.59. The van der Waals surface area contributed by atoms with Crippen LogP contribution in [-0.2, 0) is 0 Å². The van der Waals surface area contributed by atoms with Gasteiger partial charge in [0, 0.05) is 11.4 Å². The lowest BCUT2D eigenvalue weighted by Crippen LogP contribution is -2.31. The Kier molecular flexibility index (Phi) is 3.62. The van der Waals surface area contributed by atoms with E-state index in [0.717, 1.165) is 16.8 Å². The molecule has 0 saturated heterocycles. The largest absolute Gasteiger partial charge is 0.350 e. The van der Waals surface area contributed by atoms with E-state index >= 15 is 0 Å². The number of carbonyl (C=O) groups is 1. The van der Waals surface area contributed by atoms with Crippen molar-refractivity contribution in [3.63, 3.8) is 0 Å². The molecule has 1 heterocycles. The highest BCUT2D eigenvalue weighted by atomic mass is 35.5. The van der Waals surface area contributed by atoms with Crippen LogP contribution in [0, 0.1) is 0 Å². The highest BCUT2D eigenvalue weighted by Gasteiger charge is 2.31. The zero-order valence-electron chi connectivity index (χ0n) is 11.2. The molecule has 21 heavy (non-hydrogen) atoms. The molecule has 5 heteroatoms. The van der Waals surface area contributed by atoms with Gasteiger partial charge in [-0.05, 0) is 23.3 Å². The molecule has 0 spiro atoms. The van der Waals surface area contributed by atoms with Gasteiger partial charge in [-0.1, -0.05) is 54.1 Å². The molecule has 2 N–H and O–H groups in total. The SMILES string of the molecule is NC(=O)N1N=C(c2ccc(Cl)cc2)CC1c1ccccc1. The minimum Gasteiger partial charge on any atom is -0.350 e. The molecule has 2 aromatic carbocycles. The second-order valence-electron chi connectivity index (χ2n) is 4.87. The molecule has 3 rings (SSSR count). The van der Waals surface area contributed by atoms with Crippen molar-refractivity contribution in [3.8, 4) is 0 Å². The maximum atomic E-state index is 11.6. The summed E-state index contributed by atoms with van der Waals surface area (Å²) in [4.78, 5) is 11.6. The Morgan fingerprint density at radius 2 is 1.81 bits per heavy atom. The maximum Gasteiger partial charge on any atom is 0.335 e. The van der Waals surface area contributed by atoms with Gasteiger partial charge in [0.1, 0.15) is 0 Å². The van der Waals surface area contributed by atoms with Crippen LogP contribution in [0.1, 0.15) is 23.6 Å². The smallest absolute Gasteiger partial charge is 0.335 e. The summed E-state index contributed by atoms with van der Waals surface area (Å²) in [7, 11) is 0. The number of hydrogen-bond donors (Lipinski definition) is 1. The topological polar surface area (TPSA) is 58.7 Å². The molecule has 1 aliphatic rings. The van der Waals surface area contributed by atoms with E-state index in [1.54, 1.807) is 0 Å². The first-order chi connectivity index (χ1) is 10.1. The van der Waals surface area contributed by atoms with E-state index in [0.29, 0.717) is 11.4 Å². The third-order valence-electron chi connectivity index (χ3n) is 3.50. The number of primary amides is 1. The summed E-state index contributed by atoms with van der Waals surface area (Å²) in [6.07, 6.45) is 0.634. The summed E-state index contributed by atoms with van der Waals surface area (Å²) in [5.74, 6) is 0. The van der Waals surface area contributed by atoms with Crippen LogP contribution in [0.25, 0.3) is 0 Å². The minimum absolute atomic E-state index is 0.158. The molecular formula is C16H14ClN3O. The normalized spacial score (nSPS) is 17.7. The Bertz CT molecular complexity index is 682. The Hall–Kier alpha value is -2.33. The summed E-state index contributed by atoms with van der Waals surface area (Å²) in [5, 5.41) is 6.39. The van der Waals surface area contributed by atoms with Gasteiger partial charge in [-0.2, -0.15) is 5.10 Å². The summed E-state index contributed by atoms with van der Waals surface area (Å²) in [5.41, 5.74) is 8.25. The van der Waals surface area contributed by atoms with Crippen molar-refractivity contribution in [1.29, 1.82) is 0 Å². The van der Waals surface area contributed by atoms with Crippen molar-refractivity contribution in [2.45, 2.75) is 12.5 Å². The third-order valence-corrected chi connectivity index (χ3v) is 3.75. The van der Waals surface area contributed by atoms with Crippen molar-refractivity contribution in [1.82, 2.24) is 5.01 Å². The number of urea groups is 1. The van der Waals surface area contributed by atoms with E-state index in [9.17, 15) is 4.79 Å². The van der Waals surface area contributed by atoms with Gasteiger partial charge in [0.2, 0.25) is 0 Å². The van der Waals surface area contributed by atoms with Crippen LogP contribution in [0.2, 0.25) is 5.02 Å². The molecule has 4 nitrogen and oxygen atoms in total. The Labute approximate surface area is 127 Å². The maximum absolute atomic E-state index is 11.6.